The van der Waals surface area contributed by atoms with Crippen LogP contribution in [-0.4, -0.2) is 25.5 Å². The highest BCUT2D eigenvalue weighted by atomic mass is 35.5. The highest BCUT2D eigenvalue weighted by Crippen LogP contribution is 2.36. The van der Waals surface area contributed by atoms with E-state index in [0.29, 0.717) is 46.5 Å². The van der Waals surface area contributed by atoms with E-state index in [2.05, 4.69) is 10.6 Å². The molecule has 0 saturated heterocycles. The van der Waals surface area contributed by atoms with Crippen molar-refractivity contribution in [2.75, 3.05) is 24.4 Å². The van der Waals surface area contributed by atoms with Gasteiger partial charge < -0.3 is 20.1 Å². The van der Waals surface area contributed by atoms with Crippen molar-refractivity contribution in [1.29, 1.82) is 0 Å². The van der Waals surface area contributed by atoms with E-state index in [1.54, 1.807) is 30.3 Å². The van der Waals surface area contributed by atoms with Crippen LogP contribution in [0.15, 0.2) is 36.4 Å². The molecule has 0 unspecified atom stereocenters. The molecule has 0 heterocycles. The molecule has 2 amide bonds. The van der Waals surface area contributed by atoms with Crippen molar-refractivity contribution in [2.24, 2.45) is 5.92 Å². The van der Waals surface area contributed by atoms with Gasteiger partial charge in [0.05, 0.1) is 18.7 Å². The molecule has 7 heteroatoms. The van der Waals surface area contributed by atoms with Crippen LogP contribution in [0.5, 0.6) is 11.5 Å². The van der Waals surface area contributed by atoms with Crippen LogP contribution in [0.1, 0.15) is 37.6 Å². The zero-order chi connectivity index (χ0) is 20.7. The number of anilines is 2. The number of rotatable bonds is 8. The van der Waals surface area contributed by atoms with Crippen molar-refractivity contribution >= 4 is 34.8 Å². The number of ether oxygens (including phenoxy) is 2. The van der Waals surface area contributed by atoms with Gasteiger partial charge in [-0.1, -0.05) is 25.4 Å². The van der Waals surface area contributed by atoms with Gasteiger partial charge in [-0.3, -0.25) is 9.59 Å². The lowest BCUT2D eigenvalue weighted by atomic mass is 10.1. The average molecular weight is 405 g/mol. The van der Waals surface area contributed by atoms with Crippen molar-refractivity contribution in [3.05, 3.63) is 47.0 Å². The highest BCUT2D eigenvalue weighted by molar-refractivity contribution is 6.32. The SMILES string of the molecule is CCOc1c(Cl)cc(C(=O)Nc2ccc(NC(=O)CC(C)C)cc2)cc1OC. The zero-order valence-corrected chi connectivity index (χ0v) is 17.2. The average Bonchev–Trinajstić information content (AvgIpc) is 2.64. The lowest BCUT2D eigenvalue weighted by Gasteiger charge is -2.13. The number of carbonyl (C=O) groups is 2. The molecular weight excluding hydrogens is 380 g/mol. The topological polar surface area (TPSA) is 76.7 Å². The molecule has 0 aliphatic carbocycles. The number of halogens is 1. The first-order chi connectivity index (χ1) is 13.3. The van der Waals surface area contributed by atoms with Crippen molar-refractivity contribution in [3.63, 3.8) is 0 Å². The second-order valence-electron chi connectivity index (χ2n) is 6.60. The molecule has 2 N–H and O–H groups in total. The maximum Gasteiger partial charge on any atom is 0.255 e. The predicted octanol–water partition coefficient (Wildman–Crippen LogP) is 4.98. The van der Waals surface area contributed by atoms with Crippen LogP contribution in [0.4, 0.5) is 11.4 Å². The van der Waals surface area contributed by atoms with Gasteiger partial charge in [-0.25, -0.2) is 0 Å². The number of amides is 2. The normalized spacial score (nSPS) is 10.5. The van der Waals surface area contributed by atoms with Gasteiger partial charge in [0.25, 0.3) is 5.91 Å². The van der Waals surface area contributed by atoms with Crippen LogP contribution in [0.2, 0.25) is 5.02 Å². The maximum atomic E-state index is 12.6. The fourth-order valence-electron chi connectivity index (χ4n) is 2.56. The summed E-state index contributed by atoms with van der Waals surface area (Å²) in [6.45, 7) is 6.24. The van der Waals surface area contributed by atoms with Gasteiger partial charge in [-0.2, -0.15) is 0 Å². The lowest BCUT2D eigenvalue weighted by molar-refractivity contribution is -0.116. The smallest absolute Gasteiger partial charge is 0.255 e. The Labute approximate surface area is 170 Å². The van der Waals surface area contributed by atoms with Gasteiger partial charge in [-0.15, -0.1) is 0 Å². The van der Waals surface area contributed by atoms with E-state index < -0.39 is 0 Å². The third-order valence-electron chi connectivity index (χ3n) is 3.80. The van der Waals surface area contributed by atoms with E-state index in [0.717, 1.165) is 0 Å². The summed E-state index contributed by atoms with van der Waals surface area (Å²) in [4.78, 5) is 24.4. The molecule has 2 aromatic carbocycles. The molecule has 150 valence electrons. The minimum Gasteiger partial charge on any atom is -0.493 e. The summed E-state index contributed by atoms with van der Waals surface area (Å²) < 4.78 is 10.7. The molecule has 0 radical (unpaired) electrons. The molecule has 0 spiro atoms. The Kier molecular flexibility index (Phi) is 7.70. The first-order valence-electron chi connectivity index (χ1n) is 9.05. The summed E-state index contributed by atoms with van der Waals surface area (Å²) in [5, 5.41) is 5.92. The Hall–Kier alpha value is -2.73. The summed E-state index contributed by atoms with van der Waals surface area (Å²) in [7, 11) is 1.49. The number of methoxy groups -OCH3 is 1. The molecule has 0 aromatic heterocycles. The molecule has 0 atom stereocenters. The Balaban J connectivity index is 2.08. The van der Waals surface area contributed by atoms with Crippen molar-refractivity contribution in [3.8, 4) is 11.5 Å². The number of benzene rings is 2. The van der Waals surface area contributed by atoms with Gasteiger partial charge in [0.15, 0.2) is 11.5 Å². The van der Waals surface area contributed by atoms with E-state index in [1.165, 1.54) is 13.2 Å². The summed E-state index contributed by atoms with van der Waals surface area (Å²) in [5.74, 6) is 0.715. The third-order valence-corrected chi connectivity index (χ3v) is 4.08. The molecule has 0 bridgehead atoms. The number of hydrogen-bond acceptors (Lipinski definition) is 4. The monoisotopic (exact) mass is 404 g/mol. The second-order valence-corrected chi connectivity index (χ2v) is 7.01. The van der Waals surface area contributed by atoms with Gasteiger partial charge >= 0.3 is 0 Å². The maximum absolute atomic E-state index is 12.6. The minimum atomic E-state index is -0.333. The second kappa shape index (κ2) is 9.99. The van der Waals surface area contributed by atoms with E-state index >= 15 is 0 Å². The highest BCUT2D eigenvalue weighted by Gasteiger charge is 2.16. The summed E-state index contributed by atoms with van der Waals surface area (Å²) in [5.41, 5.74) is 1.62. The molecular formula is C21H25ClN2O4. The van der Waals surface area contributed by atoms with Gasteiger partial charge in [0.2, 0.25) is 5.91 Å². The Morgan fingerprint density at radius 2 is 1.68 bits per heavy atom. The van der Waals surface area contributed by atoms with Crippen LogP contribution >= 0.6 is 11.6 Å². The molecule has 0 fully saturated rings. The van der Waals surface area contributed by atoms with Gasteiger partial charge in [0, 0.05) is 23.4 Å². The van der Waals surface area contributed by atoms with Crippen LogP contribution in [0.3, 0.4) is 0 Å². The Bertz CT molecular complexity index is 835. The minimum absolute atomic E-state index is 0.0390. The number of nitrogens with one attached hydrogen (secondary N) is 2. The number of carbonyl (C=O) groups excluding carboxylic acids is 2. The van der Waals surface area contributed by atoms with Crippen LogP contribution < -0.4 is 20.1 Å². The molecule has 0 aliphatic rings. The van der Waals surface area contributed by atoms with Crippen LogP contribution in [-0.2, 0) is 4.79 Å². The largest absolute Gasteiger partial charge is 0.493 e. The first-order valence-corrected chi connectivity index (χ1v) is 9.43. The molecule has 6 nitrogen and oxygen atoms in total. The quantitative estimate of drug-likeness (QED) is 0.650. The first kappa shape index (κ1) is 21.6. The summed E-state index contributed by atoms with van der Waals surface area (Å²) >= 11 is 6.22. The van der Waals surface area contributed by atoms with Gasteiger partial charge in [-0.05, 0) is 49.2 Å². The fraction of sp³-hybridized carbons (Fsp3) is 0.333. The van der Waals surface area contributed by atoms with Crippen molar-refractivity contribution in [1.82, 2.24) is 0 Å². The summed E-state index contributed by atoms with van der Waals surface area (Å²) in [6, 6.07) is 10.0. The van der Waals surface area contributed by atoms with Crippen molar-refractivity contribution in [2.45, 2.75) is 27.2 Å². The molecule has 0 saturated carbocycles. The standard InChI is InChI=1S/C21H25ClN2O4/c1-5-28-20-17(22)11-14(12-18(20)27-4)21(26)24-16-8-6-15(7-9-16)23-19(25)10-13(2)3/h6-9,11-13H,5,10H2,1-4H3,(H,23,25)(H,24,26). The lowest BCUT2D eigenvalue weighted by Crippen LogP contribution is -2.14. The third kappa shape index (κ3) is 5.89. The van der Waals surface area contributed by atoms with Crippen molar-refractivity contribution < 1.29 is 19.1 Å². The Morgan fingerprint density at radius 3 is 2.21 bits per heavy atom. The number of hydrogen-bond donors (Lipinski definition) is 2. The predicted molar refractivity (Wildman–Crippen MR) is 112 cm³/mol. The van der Waals surface area contributed by atoms with E-state index in [-0.39, 0.29) is 17.7 Å². The van der Waals surface area contributed by atoms with E-state index in [4.69, 9.17) is 21.1 Å². The molecule has 2 rings (SSSR count). The molecule has 0 aliphatic heterocycles. The van der Waals surface area contributed by atoms with E-state index in [9.17, 15) is 9.59 Å². The molecule has 28 heavy (non-hydrogen) atoms. The van der Waals surface area contributed by atoms with Gasteiger partial charge in [0.1, 0.15) is 0 Å². The van der Waals surface area contributed by atoms with E-state index in [1.807, 2.05) is 20.8 Å². The molecule has 2 aromatic rings. The fourth-order valence-corrected chi connectivity index (χ4v) is 2.82. The summed E-state index contributed by atoms with van der Waals surface area (Å²) in [6.07, 6.45) is 0.457. The van der Waals surface area contributed by atoms with Crippen LogP contribution in [0.25, 0.3) is 0 Å². The Morgan fingerprint density at radius 1 is 1.07 bits per heavy atom. The zero-order valence-electron chi connectivity index (χ0n) is 16.5. The van der Waals surface area contributed by atoms with Crippen LogP contribution in [0, 0.1) is 5.92 Å².